The molecule has 0 heterocycles. The van der Waals surface area contributed by atoms with Gasteiger partial charge in [0.2, 0.25) is 5.92 Å². The molecule has 0 amide bonds. The summed E-state index contributed by atoms with van der Waals surface area (Å²) in [6.45, 7) is -3.18. The van der Waals surface area contributed by atoms with Gasteiger partial charge in [-0.3, -0.25) is 0 Å². The fourth-order valence-corrected chi connectivity index (χ4v) is 0.971. The van der Waals surface area contributed by atoms with Crippen LogP contribution >= 0.6 is 0 Å². The molecule has 0 aliphatic carbocycles. The Morgan fingerprint density at radius 1 is 0.812 bits per heavy atom. The van der Waals surface area contributed by atoms with Gasteiger partial charge in [0.1, 0.15) is 0 Å². The van der Waals surface area contributed by atoms with Crippen molar-refractivity contribution >= 4 is 0 Å². The molecular formula is C7H7F9. The summed E-state index contributed by atoms with van der Waals surface area (Å²) in [6.07, 6.45) is -9.12. The summed E-state index contributed by atoms with van der Waals surface area (Å²) in [4.78, 5) is 0. The van der Waals surface area contributed by atoms with Crippen LogP contribution in [0, 0.1) is 0 Å². The van der Waals surface area contributed by atoms with Crippen molar-refractivity contribution in [3.8, 4) is 0 Å². The predicted octanol–water partition coefficient (Wildman–Crippen LogP) is 3.91. The molecule has 0 aromatic rings. The van der Waals surface area contributed by atoms with Gasteiger partial charge in [-0.25, -0.2) is 17.6 Å². The molecule has 0 saturated heterocycles. The van der Waals surface area contributed by atoms with Crippen LogP contribution in [0.4, 0.5) is 39.5 Å². The van der Waals surface area contributed by atoms with Gasteiger partial charge in [-0.1, -0.05) is 0 Å². The highest BCUT2D eigenvalue weighted by molar-refractivity contribution is 5.01. The smallest absolute Gasteiger partial charge is 0.244 e. The average Bonchev–Trinajstić information content (AvgIpc) is 1.98. The Hall–Kier alpha value is -0.630. The minimum absolute atomic E-state index is 0.165. The maximum atomic E-state index is 13.0. The lowest BCUT2D eigenvalue weighted by molar-refractivity contribution is -0.319. The van der Waals surface area contributed by atoms with E-state index in [9.17, 15) is 39.5 Å². The predicted molar refractivity (Wildman–Crippen MR) is 36.1 cm³/mol. The van der Waals surface area contributed by atoms with Crippen LogP contribution in [-0.2, 0) is 0 Å². The summed E-state index contributed by atoms with van der Waals surface area (Å²) >= 11 is 0. The van der Waals surface area contributed by atoms with Crippen molar-refractivity contribution in [1.29, 1.82) is 0 Å². The third-order valence-electron chi connectivity index (χ3n) is 1.75. The third-order valence-corrected chi connectivity index (χ3v) is 1.75. The summed E-state index contributed by atoms with van der Waals surface area (Å²) in [5.74, 6) is -9.90. The van der Waals surface area contributed by atoms with Crippen molar-refractivity contribution in [3.63, 3.8) is 0 Å². The van der Waals surface area contributed by atoms with Gasteiger partial charge in [0.25, 0.3) is 5.67 Å². The number of halogens is 9. The molecule has 1 atom stereocenters. The molecule has 16 heavy (non-hydrogen) atoms. The maximum Gasteiger partial charge on any atom is 0.428 e. The van der Waals surface area contributed by atoms with Crippen LogP contribution in [-0.4, -0.2) is 30.4 Å². The van der Waals surface area contributed by atoms with Crippen LogP contribution in [0.1, 0.15) is 13.3 Å². The topological polar surface area (TPSA) is 0 Å². The first-order valence-corrected chi connectivity index (χ1v) is 3.84. The van der Waals surface area contributed by atoms with Crippen molar-refractivity contribution in [2.24, 2.45) is 0 Å². The van der Waals surface area contributed by atoms with E-state index in [1.54, 1.807) is 0 Å². The normalized spacial score (nSPS) is 18.4. The SMILES string of the molecule is CC(F)(F)CC(F)(C(F)(F)F)C(F)(F)CF. The highest BCUT2D eigenvalue weighted by Crippen LogP contribution is 2.50. The monoisotopic (exact) mass is 262 g/mol. The lowest BCUT2D eigenvalue weighted by Gasteiger charge is -2.34. The van der Waals surface area contributed by atoms with Gasteiger partial charge >= 0.3 is 12.1 Å². The lowest BCUT2D eigenvalue weighted by atomic mass is 9.90. The molecule has 0 radical (unpaired) electrons. The van der Waals surface area contributed by atoms with Gasteiger partial charge in [-0.15, -0.1) is 0 Å². The van der Waals surface area contributed by atoms with Crippen molar-refractivity contribution in [2.75, 3.05) is 6.67 Å². The highest BCUT2D eigenvalue weighted by Gasteiger charge is 2.73. The molecule has 98 valence electrons. The summed E-state index contributed by atoms with van der Waals surface area (Å²) in [5, 5.41) is 0. The zero-order chi connectivity index (χ0) is 13.4. The Bertz CT molecular complexity index is 237. The third kappa shape index (κ3) is 2.94. The molecule has 9 heteroatoms. The average molecular weight is 262 g/mol. The summed E-state index contributed by atoms with van der Waals surface area (Å²) in [5.41, 5.74) is -5.59. The van der Waals surface area contributed by atoms with E-state index in [1.165, 1.54) is 0 Å². The molecule has 0 aliphatic rings. The molecule has 0 fully saturated rings. The van der Waals surface area contributed by atoms with Crippen LogP contribution in [0.15, 0.2) is 0 Å². The van der Waals surface area contributed by atoms with Crippen molar-refractivity contribution < 1.29 is 39.5 Å². The van der Waals surface area contributed by atoms with Crippen LogP contribution in [0.5, 0.6) is 0 Å². The number of hydrogen-bond acceptors (Lipinski definition) is 0. The molecular weight excluding hydrogens is 255 g/mol. The molecule has 0 spiro atoms. The standard InChI is InChI=1S/C7H7F9/c1-4(9,10)2-5(11,7(14,15)16)6(12,13)3-8/h2-3H2,1H3. The minimum Gasteiger partial charge on any atom is -0.244 e. The number of rotatable bonds is 4. The number of hydrogen-bond donors (Lipinski definition) is 0. The Kier molecular flexibility index (Phi) is 3.83. The minimum atomic E-state index is -6.29. The second-order valence-electron chi connectivity index (χ2n) is 3.38. The van der Waals surface area contributed by atoms with Crippen molar-refractivity contribution in [2.45, 2.75) is 37.0 Å². The molecule has 0 aromatic carbocycles. The zero-order valence-electron chi connectivity index (χ0n) is 7.82. The highest BCUT2D eigenvalue weighted by atomic mass is 19.4. The van der Waals surface area contributed by atoms with E-state index >= 15 is 0 Å². The van der Waals surface area contributed by atoms with Gasteiger partial charge in [-0.05, 0) is 6.92 Å². The summed E-state index contributed by atoms with van der Waals surface area (Å²) in [7, 11) is 0. The molecule has 0 bridgehead atoms. The second kappa shape index (κ2) is 3.99. The Morgan fingerprint density at radius 2 is 1.19 bits per heavy atom. The second-order valence-corrected chi connectivity index (χ2v) is 3.38. The van der Waals surface area contributed by atoms with E-state index in [4.69, 9.17) is 0 Å². The van der Waals surface area contributed by atoms with Crippen LogP contribution < -0.4 is 0 Å². The van der Waals surface area contributed by atoms with E-state index in [2.05, 4.69) is 0 Å². The first-order chi connectivity index (χ1) is 6.77. The molecule has 0 rings (SSSR count). The molecule has 1 unspecified atom stereocenters. The lowest BCUT2D eigenvalue weighted by Crippen LogP contribution is -2.58. The Labute approximate surface area is 84.4 Å². The van der Waals surface area contributed by atoms with E-state index < -0.39 is 36.8 Å². The maximum absolute atomic E-state index is 13.0. The summed E-state index contributed by atoms with van der Waals surface area (Å²) in [6, 6.07) is 0. The van der Waals surface area contributed by atoms with E-state index in [-0.39, 0.29) is 6.92 Å². The van der Waals surface area contributed by atoms with Gasteiger partial charge in [-0.2, -0.15) is 22.0 Å². The van der Waals surface area contributed by atoms with Crippen molar-refractivity contribution in [3.05, 3.63) is 0 Å². The fraction of sp³-hybridized carbons (Fsp3) is 1.00. The first-order valence-electron chi connectivity index (χ1n) is 3.84. The van der Waals surface area contributed by atoms with E-state index in [0.717, 1.165) is 0 Å². The molecule has 0 aliphatic heterocycles. The van der Waals surface area contributed by atoms with Gasteiger partial charge in [0, 0.05) is 0 Å². The van der Waals surface area contributed by atoms with Gasteiger partial charge in [0.05, 0.1) is 6.42 Å². The quantitative estimate of drug-likeness (QED) is 0.674. The van der Waals surface area contributed by atoms with Gasteiger partial charge < -0.3 is 0 Å². The fourth-order valence-electron chi connectivity index (χ4n) is 0.971. The largest absolute Gasteiger partial charge is 0.428 e. The molecule has 0 nitrogen and oxygen atoms in total. The molecule has 0 saturated carbocycles. The summed E-state index contributed by atoms with van der Waals surface area (Å²) < 4.78 is 110. The van der Waals surface area contributed by atoms with E-state index in [0.29, 0.717) is 0 Å². The molecule has 0 N–H and O–H groups in total. The Balaban J connectivity index is 5.39. The first kappa shape index (κ1) is 15.4. The van der Waals surface area contributed by atoms with E-state index in [1.807, 2.05) is 0 Å². The number of alkyl halides is 9. The van der Waals surface area contributed by atoms with Crippen molar-refractivity contribution in [1.82, 2.24) is 0 Å². The van der Waals surface area contributed by atoms with Crippen LogP contribution in [0.25, 0.3) is 0 Å². The van der Waals surface area contributed by atoms with Gasteiger partial charge in [0.15, 0.2) is 6.67 Å². The van der Waals surface area contributed by atoms with Crippen LogP contribution in [0.3, 0.4) is 0 Å². The molecule has 0 aromatic heterocycles. The zero-order valence-corrected chi connectivity index (χ0v) is 7.82. The van der Waals surface area contributed by atoms with Crippen LogP contribution in [0.2, 0.25) is 0 Å². The Morgan fingerprint density at radius 3 is 1.38 bits per heavy atom.